The molecule has 0 radical (unpaired) electrons. The van der Waals surface area contributed by atoms with Crippen molar-refractivity contribution < 1.29 is 5.11 Å². The lowest BCUT2D eigenvalue weighted by molar-refractivity contribution is 0.152. The summed E-state index contributed by atoms with van der Waals surface area (Å²) in [5.74, 6) is 0.457. The number of nitrogens with two attached hydrogens (primary N) is 2. The molecule has 0 fully saturated rings. The quantitative estimate of drug-likeness (QED) is 0.614. The molecule has 1 aromatic rings. The second-order valence-corrected chi connectivity index (χ2v) is 3.21. The number of nitrogens with zero attached hydrogens (tertiary/aromatic N) is 1. The van der Waals surface area contributed by atoms with Crippen molar-refractivity contribution in [2.24, 2.45) is 5.73 Å². The molecule has 4 heteroatoms. The predicted molar refractivity (Wildman–Crippen MR) is 52.0 cm³/mol. The molecule has 0 spiro atoms. The summed E-state index contributed by atoms with van der Waals surface area (Å²) in [6, 6.07) is 3.11. The van der Waals surface area contributed by atoms with E-state index in [0.717, 1.165) is 11.3 Å². The third-order valence-electron chi connectivity index (χ3n) is 1.96. The molecule has 1 aromatic heterocycles. The first-order valence-corrected chi connectivity index (χ1v) is 4.19. The van der Waals surface area contributed by atoms with Gasteiger partial charge in [-0.3, -0.25) is 0 Å². The molecule has 0 aliphatic carbocycles. The van der Waals surface area contributed by atoms with Crippen molar-refractivity contribution in [1.82, 2.24) is 4.98 Å². The van der Waals surface area contributed by atoms with Crippen LogP contribution in [0.1, 0.15) is 24.3 Å². The van der Waals surface area contributed by atoms with Crippen LogP contribution in [0.4, 0.5) is 5.82 Å². The average Bonchev–Trinajstić information content (AvgIpc) is 2.03. The van der Waals surface area contributed by atoms with E-state index in [1.165, 1.54) is 0 Å². The van der Waals surface area contributed by atoms with Gasteiger partial charge in [-0.15, -0.1) is 0 Å². The monoisotopic (exact) mass is 181 g/mol. The van der Waals surface area contributed by atoms with Gasteiger partial charge in [0.2, 0.25) is 0 Å². The minimum Gasteiger partial charge on any atom is -0.387 e. The number of anilines is 1. The van der Waals surface area contributed by atoms with Gasteiger partial charge in [0, 0.05) is 17.3 Å². The first kappa shape index (κ1) is 9.95. The maximum absolute atomic E-state index is 9.66. The van der Waals surface area contributed by atoms with Gasteiger partial charge in [0.1, 0.15) is 5.82 Å². The van der Waals surface area contributed by atoms with E-state index in [-0.39, 0.29) is 6.04 Å². The van der Waals surface area contributed by atoms with Crippen LogP contribution in [0.2, 0.25) is 0 Å². The van der Waals surface area contributed by atoms with Crippen LogP contribution >= 0.6 is 0 Å². The maximum Gasteiger partial charge on any atom is 0.123 e. The Labute approximate surface area is 77.6 Å². The highest BCUT2D eigenvalue weighted by Gasteiger charge is 2.15. The molecule has 2 atom stereocenters. The zero-order valence-corrected chi connectivity index (χ0v) is 7.86. The van der Waals surface area contributed by atoms with Crippen LogP contribution in [0.3, 0.4) is 0 Å². The summed E-state index contributed by atoms with van der Waals surface area (Å²) < 4.78 is 0. The lowest BCUT2D eigenvalue weighted by Gasteiger charge is -2.16. The third-order valence-corrected chi connectivity index (χ3v) is 1.96. The fourth-order valence-electron chi connectivity index (χ4n) is 1.19. The van der Waals surface area contributed by atoms with Gasteiger partial charge in [-0.2, -0.15) is 0 Å². The Kier molecular flexibility index (Phi) is 2.85. The largest absolute Gasteiger partial charge is 0.387 e. The second kappa shape index (κ2) is 3.72. The van der Waals surface area contributed by atoms with Crippen LogP contribution in [0.25, 0.3) is 0 Å². The zero-order valence-electron chi connectivity index (χ0n) is 7.86. The number of hydrogen-bond acceptors (Lipinski definition) is 4. The third kappa shape index (κ3) is 2.17. The molecule has 0 aromatic carbocycles. The van der Waals surface area contributed by atoms with Gasteiger partial charge in [-0.05, 0) is 19.9 Å². The molecule has 5 N–H and O–H groups in total. The number of aliphatic hydroxyl groups excluding tert-OH is 1. The van der Waals surface area contributed by atoms with Crippen molar-refractivity contribution in [3.8, 4) is 0 Å². The van der Waals surface area contributed by atoms with E-state index in [1.54, 1.807) is 26.0 Å². The van der Waals surface area contributed by atoms with Crippen molar-refractivity contribution >= 4 is 5.82 Å². The van der Waals surface area contributed by atoms with E-state index in [0.29, 0.717) is 5.82 Å². The SMILES string of the molecule is Cc1nc(N)ccc1C(O)C(C)N. The summed E-state index contributed by atoms with van der Waals surface area (Å²) in [6.07, 6.45) is -0.673. The maximum atomic E-state index is 9.66. The van der Waals surface area contributed by atoms with Gasteiger partial charge in [0.25, 0.3) is 0 Å². The van der Waals surface area contributed by atoms with Gasteiger partial charge in [0.15, 0.2) is 0 Å². The highest BCUT2D eigenvalue weighted by atomic mass is 16.3. The predicted octanol–water partition coefficient (Wildman–Crippen LogP) is 0.353. The van der Waals surface area contributed by atoms with Crippen molar-refractivity contribution in [2.45, 2.75) is 26.0 Å². The second-order valence-electron chi connectivity index (χ2n) is 3.21. The van der Waals surface area contributed by atoms with Crippen LogP contribution in [-0.2, 0) is 0 Å². The van der Waals surface area contributed by atoms with Crippen LogP contribution < -0.4 is 11.5 Å². The van der Waals surface area contributed by atoms with Crippen LogP contribution in [0.5, 0.6) is 0 Å². The highest BCUT2D eigenvalue weighted by molar-refractivity contribution is 5.35. The number of hydrogen-bond donors (Lipinski definition) is 3. The van der Waals surface area contributed by atoms with Crippen molar-refractivity contribution in [1.29, 1.82) is 0 Å². The molecule has 0 bridgehead atoms. The molecule has 1 rings (SSSR count). The van der Waals surface area contributed by atoms with Gasteiger partial charge in [-0.25, -0.2) is 4.98 Å². The number of rotatable bonds is 2. The summed E-state index contributed by atoms with van der Waals surface area (Å²) in [6.45, 7) is 3.55. The molecule has 0 aliphatic rings. The van der Waals surface area contributed by atoms with Crippen molar-refractivity contribution in [2.75, 3.05) is 5.73 Å². The average molecular weight is 181 g/mol. The number of pyridine rings is 1. The Balaban J connectivity index is 3.01. The molecular weight excluding hydrogens is 166 g/mol. The zero-order chi connectivity index (χ0) is 10.0. The Hall–Kier alpha value is -1.13. The summed E-state index contributed by atoms with van der Waals surface area (Å²) in [5.41, 5.74) is 12.5. The van der Waals surface area contributed by atoms with Gasteiger partial charge in [-0.1, -0.05) is 6.07 Å². The Morgan fingerprint density at radius 3 is 2.54 bits per heavy atom. The number of aryl methyl sites for hydroxylation is 1. The highest BCUT2D eigenvalue weighted by Crippen LogP contribution is 2.19. The van der Waals surface area contributed by atoms with Crippen LogP contribution in [0.15, 0.2) is 12.1 Å². The van der Waals surface area contributed by atoms with Crippen LogP contribution in [0, 0.1) is 6.92 Å². The molecule has 0 saturated carbocycles. The molecular formula is C9H15N3O. The number of aromatic nitrogens is 1. The van der Waals surface area contributed by atoms with E-state index >= 15 is 0 Å². The molecule has 72 valence electrons. The van der Waals surface area contributed by atoms with E-state index in [2.05, 4.69) is 4.98 Å². The first-order valence-electron chi connectivity index (χ1n) is 4.19. The molecule has 0 saturated heterocycles. The fourth-order valence-corrected chi connectivity index (χ4v) is 1.19. The molecule has 2 unspecified atom stereocenters. The lowest BCUT2D eigenvalue weighted by atomic mass is 10.0. The van der Waals surface area contributed by atoms with Gasteiger partial charge in [0.05, 0.1) is 6.10 Å². The molecule has 0 aliphatic heterocycles. The Morgan fingerprint density at radius 2 is 2.08 bits per heavy atom. The summed E-state index contributed by atoms with van der Waals surface area (Å²) in [4.78, 5) is 4.04. The summed E-state index contributed by atoms with van der Waals surface area (Å²) >= 11 is 0. The van der Waals surface area contributed by atoms with E-state index in [9.17, 15) is 5.11 Å². The van der Waals surface area contributed by atoms with Crippen LogP contribution in [-0.4, -0.2) is 16.1 Å². The lowest BCUT2D eigenvalue weighted by Crippen LogP contribution is -2.25. The van der Waals surface area contributed by atoms with E-state index in [4.69, 9.17) is 11.5 Å². The standard InChI is InChI=1S/C9H15N3O/c1-5(10)9(13)7-3-4-8(11)12-6(7)2/h3-5,9,13H,10H2,1-2H3,(H2,11,12). The number of aliphatic hydroxyl groups is 1. The topological polar surface area (TPSA) is 85.2 Å². The Bertz CT molecular complexity index is 299. The molecule has 13 heavy (non-hydrogen) atoms. The smallest absolute Gasteiger partial charge is 0.123 e. The molecule has 4 nitrogen and oxygen atoms in total. The Morgan fingerprint density at radius 1 is 1.46 bits per heavy atom. The van der Waals surface area contributed by atoms with Crippen molar-refractivity contribution in [3.05, 3.63) is 23.4 Å². The minimum absolute atomic E-state index is 0.302. The number of nitrogen functional groups attached to an aromatic ring is 1. The summed E-state index contributed by atoms with van der Waals surface area (Å²) in [5, 5.41) is 9.66. The fraction of sp³-hybridized carbons (Fsp3) is 0.444. The van der Waals surface area contributed by atoms with Gasteiger partial charge < -0.3 is 16.6 Å². The van der Waals surface area contributed by atoms with E-state index in [1.807, 2.05) is 0 Å². The van der Waals surface area contributed by atoms with Crippen molar-refractivity contribution in [3.63, 3.8) is 0 Å². The summed E-state index contributed by atoms with van der Waals surface area (Å²) in [7, 11) is 0. The first-order chi connectivity index (χ1) is 6.02. The normalized spacial score (nSPS) is 15.4. The van der Waals surface area contributed by atoms with Gasteiger partial charge >= 0.3 is 0 Å². The minimum atomic E-state index is -0.673. The molecule has 1 heterocycles. The van der Waals surface area contributed by atoms with E-state index < -0.39 is 6.10 Å². The molecule has 0 amide bonds.